The van der Waals surface area contributed by atoms with Crippen LogP contribution in [0.1, 0.15) is 45.4 Å². The first-order valence-corrected chi connectivity index (χ1v) is 8.89. The van der Waals surface area contributed by atoms with Gasteiger partial charge < -0.3 is 15.1 Å². The summed E-state index contributed by atoms with van der Waals surface area (Å²) in [5, 5.41) is 3.59. The van der Waals surface area contributed by atoms with Gasteiger partial charge in [0.2, 0.25) is 0 Å². The first-order valence-electron chi connectivity index (χ1n) is 8.89. The summed E-state index contributed by atoms with van der Waals surface area (Å²) in [5.41, 5.74) is 0.653. The van der Waals surface area contributed by atoms with Gasteiger partial charge in [0.25, 0.3) is 0 Å². The van der Waals surface area contributed by atoms with E-state index < -0.39 is 0 Å². The van der Waals surface area contributed by atoms with Crippen molar-refractivity contribution in [3.8, 4) is 0 Å². The molecule has 1 N–H and O–H groups in total. The summed E-state index contributed by atoms with van der Waals surface area (Å²) in [6.45, 7) is 9.54. The number of aliphatic imine (C=N–C) groups is 1. The van der Waals surface area contributed by atoms with Gasteiger partial charge in [-0.15, -0.1) is 0 Å². The van der Waals surface area contributed by atoms with Crippen LogP contribution in [-0.4, -0.2) is 62.1 Å². The Balaban J connectivity index is 1.39. The highest BCUT2D eigenvalue weighted by Crippen LogP contribution is 2.47. The van der Waals surface area contributed by atoms with Crippen LogP contribution in [0.2, 0.25) is 0 Å². The molecule has 0 unspecified atom stereocenters. The van der Waals surface area contributed by atoms with Crippen molar-refractivity contribution < 1.29 is 0 Å². The molecule has 0 amide bonds. The zero-order chi connectivity index (χ0) is 14.7. The third-order valence-electron chi connectivity index (χ3n) is 5.95. The van der Waals surface area contributed by atoms with E-state index in [0.717, 1.165) is 25.0 Å². The number of hydrogen-bond acceptors (Lipinski definition) is 2. The Labute approximate surface area is 130 Å². The quantitative estimate of drug-likeness (QED) is 0.639. The van der Waals surface area contributed by atoms with Gasteiger partial charge in [-0.25, -0.2) is 0 Å². The molecular weight excluding hydrogens is 260 g/mol. The van der Waals surface area contributed by atoms with Gasteiger partial charge in [-0.2, -0.15) is 0 Å². The Morgan fingerprint density at radius 2 is 1.95 bits per heavy atom. The third kappa shape index (κ3) is 3.53. The highest BCUT2D eigenvalue weighted by molar-refractivity contribution is 5.80. The molecule has 0 radical (unpaired) electrons. The first-order chi connectivity index (χ1) is 10.2. The Morgan fingerprint density at radius 1 is 1.19 bits per heavy atom. The minimum Gasteiger partial charge on any atom is -0.355 e. The van der Waals surface area contributed by atoms with E-state index in [4.69, 9.17) is 0 Å². The topological polar surface area (TPSA) is 30.9 Å². The molecule has 2 heterocycles. The summed E-state index contributed by atoms with van der Waals surface area (Å²) in [6, 6.07) is 0. The molecule has 3 rings (SSSR count). The average molecular weight is 292 g/mol. The molecule has 1 saturated carbocycles. The molecule has 1 aliphatic carbocycles. The molecule has 0 aromatic rings. The molecule has 0 bridgehead atoms. The van der Waals surface area contributed by atoms with Crippen LogP contribution in [0.4, 0.5) is 0 Å². The van der Waals surface area contributed by atoms with Gasteiger partial charge in [-0.05, 0) is 56.5 Å². The Hall–Kier alpha value is -0.770. The van der Waals surface area contributed by atoms with Crippen LogP contribution in [0.25, 0.3) is 0 Å². The maximum atomic E-state index is 4.50. The Bertz CT molecular complexity index is 367. The van der Waals surface area contributed by atoms with Gasteiger partial charge in [0, 0.05) is 33.2 Å². The molecule has 1 spiro atoms. The minimum absolute atomic E-state index is 0.653. The molecule has 0 atom stereocenters. The van der Waals surface area contributed by atoms with Gasteiger partial charge in [-0.3, -0.25) is 4.99 Å². The SMILES string of the molecule is CN=C(NCCN1CCC(C)CC1)N1CCC2(CCC2)C1. The van der Waals surface area contributed by atoms with Gasteiger partial charge in [0.05, 0.1) is 0 Å². The molecular formula is C17H32N4. The van der Waals surface area contributed by atoms with E-state index >= 15 is 0 Å². The van der Waals surface area contributed by atoms with E-state index in [-0.39, 0.29) is 0 Å². The number of nitrogens with one attached hydrogen (secondary N) is 1. The molecule has 120 valence electrons. The maximum absolute atomic E-state index is 4.50. The van der Waals surface area contributed by atoms with E-state index in [1.165, 1.54) is 64.7 Å². The number of rotatable bonds is 3. The van der Waals surface area contributed by atoms with Crippen LogP contribution in [0.3, 0.4) is 0 Å². The van der Waals surface area contributed by atoms with Crippen LogP contribution >= 0.6 is 0 Å². The number of guanidine groups is 1. The molecule has 2 aliphatic heterocycles. The molecule has 4 heteroatoms. The number of likely N-dealkylation sites (tertiary alicyclic amines) is 2. The minimum atomic E-state index is 0.653. The molecule has 0 aromatic heterocycles. The van der Waals surface area contributed by atoms with Crippen molar-refractivity contribution >= 4 is 5.96 Å². The lowest BCUT2D eigenvalue weighted by Crippen LogP contribution is -2.45. The molecule has 21 heavy (non-hydrogen) atoms. The molecule has 4 nitrogen and oxygen atoms in total. The van der Waals surface area contributed by atoms with Crippen molar-refractivity contribution in [3.63, 3.8) is 0 Å². The largest absolute Gasteiger partial charge is 0.355 e. The predicted molar refractivity (Wildman–Crippen MR) is 88.7 cm³/mol. The maximum Gasteiger partial charge on any atom is 0.193 e. The van der Waals surface area contributed by atoms with Crippen molar-refractivity contribution in [3.05, 3.63) is 0 Å². The fraction of sp³-hybridized carbons (Fsp3) is 0.941. The lowest BCUT2D eigenvalue weighted by atomic mass is 9.68. The zero-order valence-electron chi connectivity index (χ0n) is 13.9. The molecule has 2 saturated heterocycles. The first kappa shape index (κ1) is 15.1. The molecule has 3 fully saturated rings. The van der Waals surface area contributed by atoms with Crippen LogP contribution in [0.15, 0.2) is 4.99 Å². The van der Waals surface area contributed by atoms with Crippen molar-refractivity contribution in [2.24, 2.45) is 16.3 Å². The smallest absolute Gasteiger partial charge is 0.193 e. The highest BCUT2D eigenvalue weighted by Gasteiger charge is 2.43. The summed E-state index contributed by atoms with van der Waals surface area (Å²) >= 11 is 0. The van der Waals surface area contributed by atoms with Crippen LogP contribution in [0.5, 0.6) is 0 Å². The zero-order valence-corrected chi connectivity index (χ0v) is 13.9. The number of piperidine rings is 1. The molecule has 3 aliphatic rings. The van der Waals surface area contributed by atoms with Crippen molar-refractivity contribution in [2.75, 3.05) is 46.3 Å². The standard InChI is InChI=1S/C17H32N4/c1-15-4-10-20(11-5-15)13-9-19-16(18-2)21-12-8-17(14-21)6-3-7-17/h15H,3-14H2,1-2H3,(H,18,19). The van der Waals surface area contributed by atoms with E-state index in [0.29, 0.717) is 5.41 Å². The lowest BCUT2D eigenvalue weighted by molar-refractivity contribution is 0.151. The lowest BCUT2D eigenvalue weighted by Gasteiger charge is -2.38. The summed E-state index contributed by atoms with van der Waals surface area (Å²) in [5.74, 6) is 2.05. The Kier molecular flexibility index (Phi) is 4.72. The van der Waals surface area contributed by atoms with Gasteiger partial charge in [0.15, 0.2) is 5.96 Å². The van der Waals surface area contributed by atoms with Crippen LogP contribution in [-0.2, 0) is 0 Å². The van der Waals surface area contributed by atoms with Crippen molar-refractivity contribution in [2.45, 2.75) is 45.4 Å². The van der Waals surface area contributed by atoms with Gasteiger partial charge in [0.1, 0.15) is 0 Å². The molecule has 0 aromatic carbocycles. The summed E-state index contributed by atoms with van der Waals surface area (Å²) in [6.07, 6.45) is 8.41. The second-order valence-electron chi connectivity index (χ2n) is 7.52. The Morgan fingerprint density at radius 3 is 2.52 bits per heavy atom. The predicted octanol–water partition coefficient (Wildman–Crippen LogP) is 2.17. The number of hydrogen-bond donors (Lipinski definition) is 1. The third-order valence-corrected chi connectivity index (χ3v) is 5.95. The van der Waals surface area contributed by atoms with E-state index in [9.17, 15) is 0 Å². The van der Waals surface area contributed by atoms with E-state index in [1.807, 2.05) is 7.05 Å². The van der Waals surface area contributed by atoms with Gasteiger partial charge in [-0.1, -0.05) is 13.3 Å². The van der Waals surface area contributed by atoms with E-state index in [2.05, 4.69) is 27.0 Å². The van der Waals surface area contributed by atoms with Gasteiger partial charge >= 0.3 is 0 Å². The average Bonchev–Trinajstić information content (AvgIpc) is 2.91. The van der Waals surface area contributed by atoms with Crippen molar-refractivity contribution in [1.29, 1.82) is 0 Å². The summed E-state index contributed by atoms with van der Waals surface area (Å²) in [7, 11) is 1.93. The van der Waals surface area contributed by atoms with Crippen LogP contribution < -0.4 is 5.32 Å². The summed E-state index contributed by atoms with van der Waals surface area (Å²) < 4.78 is 0. The highest BCUT2D eigenvalue weighted by atomic mass is 15.3. The fourth-order valence-corrected chi connectivity index (χ4v) is 4.14. The van der Waals surface area contributed by atoms with Crippen molar-refractivity contribution in [1.82, 2.24) is 15.1 Å². The summed E-state index contributed by atoms with van der Waals surface area (Å²) in [4.78, 5) is 9.58. The second-order valence-corrected chi connectivity index (χ2v) is 7.52. The monoisotopic (exact) mass is 292 g/mol. The number of nitrogens with zero attached hydrogens (tertiary/aromatic N) is 3. The van der Waals surface area contributed by atoms with E-state index in [1.54, 1.807) is 0 Å². The fourth-order valence-electron chi connectivity index (χ4n) is 4.14. The second kappa shape index (κ2) is 6.55. The van der Waals surface area contributed by atoms with Crippen LogP contribution in [0, 0.1) is 11.3 Å². The normalized spacial score (nSPS) is 27.1.